The molecule has 670 valence electrons. The lowest BCUT2D eigenvalue weighted by Gasteiger charge is -2.21. The Morgan fingerprint density at radius 3 is 1.06 bits per heavy atom. The molecule has 1 aliphatic rings. The summed E-state index contributed by atoms with van der Waals surface area (Å²) in [5.41, 5.74) is 30.2. The van der Waals surface area contributed by atoms with Crippen LogP contribution < -0.4 is 0 Å². The summed E-state index contributed by atoms with van der Waals surface area (Å²) in [5, 5.41) is 19.1. The maximum Gasteiger partial charge on any atom is 0.161 e. The Hall–Kier alpha value is -17.9. The Balaban J connectivity index is 0.000000102. The van der Waals surface area contributed by atoms with E-state index in [4.69, 9.17) is 34.3 Å². The molecular weight excluding hydrogens is 1800 g/mol. The Labute approximate surface area is 831 Å². The summed E-state index contributed by atoms with van der Waals surface area (Å²) in [5.74, 6) is 2.22. The van der Waals surface area contributed by atoms with Gasteiger partial charge in [-0.05, 0) is 144 Å². The number of furan rings is 1. The third-order valence-electron chi connectivity index (χ3n) is 29.0. The molecule has 0 bridgehead atoms. The SMILES string of the molecule is CC1(C)c2ccccc2-c2c1ccc1c2c2ccccc2n1-c1cccc(-c2nc(-c3ccccc3)nc3sc4ccccc4c23)c1.c1ccc(-c2nc(-c3cccc(-n4c5ccccc5c5c6c7ccccc7n(-c7ccccc7)c6ccc54)c3)c3c(n2)sc2ccccc23)cc1.c1ccc(-c2nc(-c3ccccc3-n3c4ccccc4c4c5c(ccc43)oc3ccccc35)c3c(n2)sc2ccccc23)cc1. The number of hydrogen-bond acceptors (Lipinski definition) is 10. The van der Waals surface area contributed by atoms with E-state index in [0.29, 0.717) is 0 Å². The van der Waals surface area contributed by atoms with Crippen molar-refractivity contribution in [1.82, 2.24) is 48.2 Å². The van der Waals surface area contributed by atoms with Crippen LogP contribution >= 0.6 is 34.0 Å². The second kappa shape index (κ2) is 32.6. The van der Waals surface area contributed by atoms with Crippen LogP contribution in [0.25, 0.3) is 272 Å². The van der Waals surface area contributed by atoms with Crippen molar-refractivity contribution in [2.24, 2.45) is 0 Å². The van der Waals surface area contributed by atoms with Gasteiger partial charge in [-0.3, -0.25) is 0 Å². The van der Waals surface area contributed by atoms with E-state index < -0.39 is 0 Å². The van der Waals surface area contributed by atoms with E-state index in [1.807, 2.05) is 66.7 Å². The number of aromatic nitrogens is 10. The molecule has 0 saturated heterocycles. The zero-order valence-electron chi connectivity index (χ0n) is 77.3. The highest BCUT2D eigenvalue weighted by atomic mass is 32.1. The summed E-state index contributed by atoms with van der Waals surface area (Å²) >= 11 is 5.19. The Bertz CT molecular complexity index is 10500. The number of fused-ring (bicyclic) bond motifs is 30. The first-order valence-electron chi connectivity index (χ1n) is 48.3. The molecule has 19 aromatic carbocycles. The zero-order valence-corrected chi connectivity index (χ0v) is 79.8. The number of para-hydroxylation sites is 7. The lowest BCUT2D eigenvalue weighted by molar-refractivity contribution is 0.661. The minimum Gasteiger partial charge on any atom is -0.456 e. The average Bonchev–Trinajstić information content (AvgIpc) is 1.54. The van der Waals surface area contributed by atoms with Crippen LogP contribution in [-0.4, -0.2) is 48.2 Å². The molecule has 30 aromatic rings. The van der Waals surface area contributed by atoms with Crippen LogP contribution in [0.4, 0.5) is 0 Å². The van der Waals surface area contributed by atoms with Crippen LogP contribution in [0.1, 0.15) is 25.0 Å². The second-order valence-electron chi connectivity index (χ2n) is 37.3. The van der Waals surface area contributed by atoms with Gasteiger partial charge in [-0.15, -0.1) is 34.0 Å². The molecule has 143 heavy (non-hydrogen) atoms. The van der Waals surface area contributed by atoms with E-state index in [2.05, 4.69) is 414 Å². The topological polar surface area (TPSA) is 110 Å². The Morgan fingerprint density at radius 2 is 0.559 bits per heavy atom. The van der Waals surface area contributed by atoms with Crippen molar-refractivity contribution in [2.75, 3.05) is 0 Å². The van der Waals surface area contributed by atoms with Crippen LogP contribution in [0.3, 0.4) is 0 Å². The molecule has 11 aromatic heterocycles. The van der Waals surface area contributed by atoms with Crippen molar-refractivity contribution in [2.45, 2.75) is 19.3 Å². The number of thiophene rings is 3. The van der Waals surface area contributed by atoms with Crippen molar-refractivity contribution in [3.8, 4) is 102 Å². The molecule has 11 nitrogen and oxygen atoms in total. The Morgan fingerprint density at radius 1 is 0.217 bits per heavy atom. The van der Waals surface area contributed by atoms with Gasteiger partial charge in [0.2, 0.25) is 0 Å². The maximum absolute atomic E-state index is 6.33. The lowest BCUT2D eigenvalue weighted by atomic mass is 9.82. The molecule has 14 heteroatoms. The number of nitrogens with zero attached hydrogens (tertiary/aromatic N) is 10. The summed E-state index contributed by atoms with van der Waals surface area (Å²) in [6.45, 7) is 4.71. The van der Waals surface area contributed by atoms with E-state index in [9.17, 15) is 0 Å². The molecule has 0 amide bonds. The van der Waals surface area contributed by atoms with Crippen LogP contribution in [0, 0.1) is 0 Å². The standard InChI is InChI=1S/C46H28N4S.C43H29N3S.C40H23N3OS/c1-3-14-29(15-4-1)45-47-44(43-35-22-9-12-25-40(35)51-46(43)48-45)30-16-13-19-32(28-30)50-37-24-11-8-21-34(37)42-39(50)27-26-38-41(42)33-20-7-10-23-36(33)49(38)31-17-5-2-6-18-31;1-43(2)32-20-9-6-17-29(32)37-33(43)23-24-35-38(37)30-18-7-10-21-34(30)46(35)28-16-12-15-27(25-28)40-39-31-19-8-11-22-36(31)47-42(39)45-41(44-40)26-13-4-3-5-14-26;1-2-12-24(13-3-1)39-41-38(37-28-17-7-11-21-34(28)45-40(37)42-39)26-15-5-9-19-30(26)43-29-18-8-4-14-25(29)35-31(43)22-23-33-36(35)27-16-6-10-20-32(27)44-33/h1-28H;3-25H,1-2H3;1-23H. The van der Waals surface area contributed by atoms with Crippen molar-refractivity contribution >= 4 is 204 Å². The molecular formula is C129H80N10OS3. The minimum absolute atomic E-state index is 0.0542. The van der Waals surface area contributed by atoms with Crippen molar-refractivity contribution in [3.05, 3.63) is 460 Å². The molecule has 0 N–H and O–H groups in total. The van der Waals surface area contributed by atoms with Crippen LogP contribution in [0.5, 0.6) is 0 Å². The van der Waals surface area contributed by atoms with Gasteiger partial charge in [0, 0.05) is 156 Å². The molecule has 11 heterocycles. The molecule has 0 aliphatic heterocycles. The molecule has 1 aliphatic carbocycles. The van der Waals surface area contributed by atoms with Crippen molar-refractivity contribution in [3.63, 3.8) is 0 Å². The highest BCUT2D eigenvalue weighted by Crippen LogP contribution is 2.55. The fraction of sp³-hybridized carbons (Fsp3) is 0.0233. The summed E-state index contributed by atoms with van der Waals surface area (Å²) in [7, 11) is 0. The predicted octanol–water partition coefficient (Wildman–Crippen LogP) is 35.1. The summed E-state index contributed by atoms with van der Waals surface area (Å²) in [4.78, 5) is 34.2. The number of benzene rings is 19. The van der Waals surface area contributed by atoms with Crippen molar-refractivity contribution in [1.29, 1.82) is 0 Å². The fourth-order valence-electron chi connectivity index (χ4n) is 22.8. The fourth-order valence-corrected chi connectivity index (χ4v) is 26.0. The van der Waals surface area contributed by atoms with E-state index in [1.54, 1.807) is 34.0 Å². The van der Waals surface area contributed by atoms with Gasteiger partial charge in [0.1, 0.15) is 25.7 Å². The maximum atomic E-state index is 6.33. The van der Waals surface area contributed by atoms with Gasteiger partial charge in [0.25, 0.3) is 0 Å². The average molecular weight is 1880 g/mol. The number of rotatable bonds is 10. The first-order valence-corrected chi connectivity index (χ1v) is 50.7. The van der Waals surface area contributed by atoms with Gasteiger partial charge >= 0.3 is 0 Å². The minimum atomic E-state index is -0.0542. The largest absolute Gasteiger partial charge is 0.456 e. The number of hydrogen-bond donors (Lipinski definition) is 0. The van der Waals surface area contributed by atoms with E-state index in [0.717, 1.165) is 154 Å². The molecule has 31 rings (SSSR count). The van der Waals surface area contributed by atoms with Crippen LogP contribution in [0.2, 0.25) is 0 Å². The molecule has 0 atom stereocenters. The lowest BCUT2D eigenvalue weighted by Crippen LogP contribution is -2.14. The van der Waals surface area contributed by atoms with E-state index in [-0.39, 0.29) is 5.41 Å². The van der Waals surface area contributed by atoms with Gasteiger partial charge in [0.05, 0.1) is 66.9 Å². The van der Waals surface area contributed by atoms with E-state index in [1.165, 1.54) is 129 Å². The van der Waals surface area contributed by atoms with Crippen LogP contribution in [0.15, 0.2) is 453 Å². The highest BCUT2D eigenvalue weighted by molar-refractivity contribution is 7.26. The summed E-state index contributed by atoms with van der Waals surface area (Å²) in [6.07, 6.45) is 0. The summed E-state index contributed by atoms with van der Waals surface area (Å²) in [6, 6.07) is 160. The third kappa shape index (κ3) is 12.9. The first-order chi connectivity index (χ1) is 70.7. The van der Waals surface area contributed by atoms with Crippen LogP contribution in [-0.2, 0) is 5.41 Å². The highest BCUT2D eigenvalue weighted by Gasteiger charge is 2.38. The van der Waals surface area contributed by atoms with Gasteiger partial charge in [-0.2, -0.15) is 0 Å². The molecule has 0 spiro atoms. The predicted molar refractivity (Wildman–Crippen MR) is 600 cm³/mol. The normalized spacial score (nSPS) is 12.5. The molecule has 0 radical (unpaired) electrons. The third-order valence-corrected chi connectivity index (χ3v) is 32.2. The first kappa shape index (κ1) is 82.2. The second-order valence-corrected chi connectivity index (χ2v) is 40.4. The Kier molecular flexibility index (Phi) is 18.7. The van der Waals surface area contributed by atoms with Crippen molar-refractivity contribution < 1.29 is 4.42 Å². The van der Waals surface area contributed by atoms with Gasteiger partial charge < -0.3 is 22.7 Å². The monoisotopic (exact) mass is 1880 g/mol. The zero-order chi connectivity index (χ0) is 94.2. The van der Waals surface area contributed by atoms with Gasteiger partial charge in [0.15, 0.2) is 17.5 Å². The molecule has 0 unspecified atom stereocenters. The smallest absolute Gasteiger partial charge is 0.161 e. The summed E-state index contributed by atoms with van der Waals surface area (Å²) < 4.78 is 19.6. The molecule has 0 saturated carbocycles. The van der Waals surface area contributed by atoms with E-state index >= 15 is 0 Å². The van der Waals surface area contributed by atoms with Gasteiger partial charge in [-0.1, -0.05) is 341 Å². The quantitative estimate of drug-likeness (QED) is 0.134. The van der Waals surface area contributed by atoms with Gasteiger partial charge in [-0.25, -0.2) is 29.9 Å². The molecule has 0 fully saturated rings.